The van der Waals surface area contributed by atoms with E-state index in [4.69, 9.17) is 4.74 Å². The summed E-state index contributed by atoms with van der Waals surface area (Å²) < 4.78 is 35.5. The summed E-state index contributed by atoms with van der Waals surface area (Å²) >= 11 is 0. The second-order valence-electron chi connectivity index (χ2n) is 6.80. The van der Waals surface area contributed by atoms with E-state index < -0.39 is 5.82 Å². The average Bonchev–Trinajstić information content (AvgIpc) is 3.15. The topological polar surface area (TPSA) is 63.5 Å². The number of imidazole rings is 1. The van der Waals surface area contributed by atoms with Gasteiger partial charge in [0, 0.05) is 26.0 Å². The number of guanidine groups is 1. The van der Waals surface area contributed by atoms with Crippen molar-refractivity contribution in [3.05, 3.63) is 77.9 Å². The van der Waals surface area contributed by atoms with Crippen molar-refractivity contribution in [3.8, 4) is 11.4 Å². The number of aromatic nitrogens is 2. The fraction of sp³-hybridized carbons (Fsp3) is 0.273. The molecule has 0 amide bonds. The normalized spacial score (nSPS) is 12.5. The summed E-state index contributed by atoms with van der Waals surface area (Å²) in [6.45, 7) is 4.46. The van der Waals surface area contributed by atoms with E-state index in [-0.39, 0.29) is 17.7 Å². The minimum Gasteiger partial charge on any atom is -0.486 e. The Morgan fingerprint density at radius 3 is 2.63 bits per heavy atom. The highest BCUT2D eigenvalue weighted by atomic mass is 19.1. The third-order valence-corrected chi connectivity index (χ3v) is 4.50. The van der Waals surface area contributed by atoms with Crippen LogP contribution in [-0.2, 0) is 6.54 Å². The Labute approximate surface area is 174 Å². The smallest absolute Gasteiger partial charge is 0.191 e. The number of aryl methyl sites for hydroxylation is 1. The van der Waals surface area contributed by atoms with Crippen LogP contribution in [0.4, 0.5) is 8.78 Å². The molecule has 8 heteroatoms. The van der Waals surface area contributed by atoms with Gasteiger partial charge in [-0.15, -0.1) is 0 Å². The molecule has 6 nitrogen and oxygen atoms in total. The molecule has 0 aliphatic heterocycles. The molecule has 0 radical (unpaired) electrons. The molecule has 0 saturated carbocycles. The zero-order chi connectivity index (χ0) is 21.5. The number of benzene rings is 2. The Bertz CT molecular complexity index is 1020. The van der Waals surface area contributed by atoms with Gasteiger partial charge in [-0.05, 0) is 43.7 Å². The molecule has 3 rings (SSSR count). The van der Waals surface area contributed by atoms with Gasteiger partial charge in [0.25, 0.3) is 0 Å². The molecular weight excluding hydrogens is 388 g/mol. The first-order valence-electron chi connectivity index (χ1n) is 9.62. The fourth-order valence-electron chi connectivity index (χ4n) is 2.93. The van der Waals surface area contributed by atoms with E-state index in [1.54, 1.807) is 48.3 Å². The summed E-state index contributed by atoms with van der Waals surface area (Å²) in [5, 5.41) is 6.25. The summed E-state index contributed by atoms with van der Waals surface area (Å²) in [6, 6.07) is 11.3. The van der Waals surface area contributed by atoms with Crippen molar-refractivity contribution in [2.45, 2.75) is 26.5 Å². The van der Waals surface area contributed by atoms with E-state index in [0.717, 1.165) is 11.4 Å². The molecular formula is C22H25F2N5O. The van der Waals surface area contributed by atoms with Gasteiger partial charge in [-0.1, -0.05) is 18.2 Å². The maximum atomic E-state index is 14.5. The van der Waals surface area contributed by atoms with E-state index >= 15 is 0 Å². The second kappa shape index (κ2) is 9.87. The number of hydrogen-bond donors (Lipinski definition) is 2. The Hall–Kier alpha value is -3.42. The highest BCUT2D eigenvalue weighted by Crippen LogP contribution is 2.17. The van der Waals surface area contributed by atoms with Crippen LogP contribution in [0, 0.1) is 18.6 Å². The predicted octanol–water partition coefficient (Wildman–Crippen LogP) is 3.59. The van der Waals surface area contributed by atoms with Crippen molar-refractivity contribution in [2.24, 2.45) is 4.99 Å². The third kappa shape index (κ3) is 5.34. The second-order valence-corrected chi connectivity index (χ2v) is 6.80. The zero-order valence-corrected chi connectivity index (χ0v) is 17.2. The molecule has 30 heavy (non-hydrogen) atoms. The van der Waals surface area contributed by atoms with Crippen molar-refractivity contribution in [1.29, 1.82) is 0 Å². The van der Waals surface area contributed by atoms with E-state index in [1.165, 1.54) is 12.1 Å². The van der Waals surface area contributed by atoms with Crippen LogP contribution in [0.15, 0.2) is 59.9 Å². The highest BCUT2D eigenvalue weighted by Gasteiger charge is 2.10. The van der Waals surface area contributed by atoms with Gasteiger partial charge in [-0.25, -0.2) is 13.8 Å². The van der Waals surface area contributed by atoms with Gasteiger partial charge in [0.15, 0.2) is 17.5 Å². The number of para-hydroxylation sites is 1. The number of rotatable bonds is 7. The molecule has 0 spiro atoms. The Morgan fingerprint density at radius 1 is 1.17 bits per heavy atom. The van der Waals surface area contributed by atoms with E-state index in [2.05, 4.69) is 20.6 Å². The lowest BCUT2D eigenvalue weighted by Crippen LogP contribution is -2.41. The SMILES string of the molecule is CN=C(NCc1ccc(-n2ccnc2C)c(F)c1)NCC(C)Oc1ccccc1F. The lowest BCUT2D eigenvalue weighted by atomic mass is 10.2. The number of nitrogens with one attached hydrogen (secondary N) is 2. The number of aliphatic imine (C=N–C) groups is 1. The number of ether oxygens (including phenoxy) is 1. The lowest BCUT2D eigenvalue weighted by Gasteiger charge is -2.18. The molecule has 1 aromatic heterocycles. The van der Waals surface area contributed by atoms with Crippen LogP contribution >= 0.6 is 0 Å². The minimum absolute atomic E-state index is 0.207. The largest absolute Gasteiger partial charge is 0.486 e. The molecule has 1 atom stereocenters. The first kappa shape index (κ1) is 21.3. The van der Waals surface area contributed by atoms with Crippen LogP contribution in [0.25, 0.3) is 5.69 Å². The molecule has 2 aromatic carbocycles. The molecule has 0 aliphatic rings. The van der Waals surface area contributed by atoms with Crippen molar-refractivity contribution >= 4 is 5.96 Å². The van der Waals surface area contributed by atoms with Crippen LogP contribution < -0.4 is 15.4 Å². The molecule has 3 aromatic rings. The van der Waals surface area contributed by atoms with Crippen LogP contribution in [0.1, 0.15) is 18.3 Å². The van der Waals surface area contributed by atoms with Crippen LogP contribution in [-0.4, -0.2) is 35.2 Å². The Kier molecular flexibility index (Phi) is 7.00. The third-order valence-electron chi connectivity index (χ3n) is 4.50. The molecule has 158 valence electrons. The summed E-state index contributed by atoms with van der Waals surface area (Å²) in [5.74, 6) is 0.733. The Balaban J connectivity index is 1.52. The molecule has 1 heterocycles. The predicted molar refractivity (Wildman–Crippen MR) is 113 cm³/mol. The minimum atomic E-state index is -0.400. The fourth-order valence-corrected chi connectivity index (χ4v) is 2.93. The zero-order valence-electron chi connectivity index (χ0n) is 17.2. The van der Waals surface area contributed by atoms with Gasteiger partial charge in [-0.3, -0.25) is 4.99 Å². The van der Waals surface area contributed by atoms with Gasteiger partial charge >= 0.3 is 0 Å². The van der Waals surface area contributed by atoms with E-state index in [9.17, 15) is 8.78 Å². The van der Waals surface area contributed by atoms with Crippen molar-refractivity contribution in [3.63, 3.8) is 0 Å². The Morgan fingerprint density at radius 2 is 1.97 bits per heavy atom. The summed E-state index contributed by atoms with van der Waals surface area (Å²) in [7, 11) is 1.64. The highest BCUT2D eigenvalue weighted by molar-refractivity contribution is 5.79. The standard InChI is InChI=1S/C22H25F2N5O/c1-15(30-21-7-5-4-6-18(21)23)13-27-22(25-3)28-14-17-8-9-20(19(24)12-17)29-11-10-26-16(29)2/h4-12,15H,13-14H2,1-3H3,(H2,25,27,28). The molecule has 1 unspecified atom stereocenters. The van der Waals surface area contributed by atoms with Crippen molar-refractivity contribution in [1.82, 2.24) is 20.2 Å². The van der Waals surface area contributed by atoms with Gasteiger partial charge in [0.1, 0.15) is 17.7 Å². The van der Waals surface area contributed by atoms with Crippen molar-refractivity contribution < 1.29 is 13.5 Å². The van der Waals surface area contributed by atoms with Gasteiger partial charge in [0.05, 0.1) is 12.2 Å². The molecule has 2 N–H and O–H groups in total. The average molecular weight is 413 g/mol. The van der Waals surface area contributed by atoms with Gasteiger partial charge in [-0.2, -0.15) is 0 Å². The monoisotopic (exact) mass is 413 g/mol. The van der Waals surface area contributed by atoms with Crippen molar-refractivity contribution in [2.75, 3.05) is 13.6 Å². The maximum Gasteiger partial charge on any atom is 0.191 e. The molecule has 0 bridgehead atoms. The van der Waals surface area contributed by atoms with Crippen LogP contribution in [0.3, 0.4) is 0 Å². The van der Waals surface area contributed by atoms with Crippen LogP contribution in [0.5, 0.6) is 5.75 Å². The molecule has 0 saturated heterocycles. The quantitative estimate of drug-likeness (QED) is 0.459. The first-order valence-corrected chi connectivity index (χ1v) is 9.62. The summed E-state index contributed by atoms with van der Waals surface area (Å²) in [4.78, 5) is 8.27. The number of nitrogens with zero attached hydrogens (tertiary/aromatic N) is 3. The lowest BCUT2D eigenvalue weighted by molar-refractivity contribution is 0.214. The number of halogens is 2. The van der Waals surface area contributed by atoms with E-state index in [1.807, 2.05) is 19.9 Å². The van der Waals surface area contributed by atoms with Gasteiger partial charge in [0.2, 0.25) is 0 Å². The van der Waals surface area contributed by atoms with E-state index in [0.29, 0.717) is 24.7 Å². The van der Waals surface area contributed by atoms with Crippen LogP contribution in [0.2, 0.25) is 0 Å². The summed E-state index contributed by atoms with van der Waals surface area (Å²) in [5.41, 5.74) is 1.22. The molecule has 0 fully saturated rings. The van der Waals surface area contributed by atoms with Gasteiger partial charge < -0.3 is 19.9 Å². The summed E-state index contributed by atoms with van der Waals surface area (Å²) in [6.07, 6.45) is 3.08. The first-order chi connectivity index (χ1) is 14.5. The maximum absolute atomic E-state index is 14.5. The number of hydrogen-bond acceptors (Lipinski definition) is 3. The molecule has 0 aliphatic carbocycles.